The van der Waals surface area contributed by atoms with Gasteiger partial charge in [-0.1, -0.05) is 35.9 Å². The highest BCUT2D eigenvalue weighted by Crippen LogP contribution is 2.29. The van der Waals surface area contributed by atoms with Crippen molar-refractivity contribution in [3.8, 4) is 0 Å². The number of nitrogens with two attached hydrogens (primary N) is 1. The van der Waals surface area contributed by atoms with Crippen LogP contribution in [0.2, 0.25) is 5.02 Å². The van der Waals surface area contributed by atoms with Gasteiger partial charge in [0.1, 0.15) is 5.82 Å². The van der Waals surface area contributed by atoms with Gasteiger partial charge in [-0.25, -0.2) is 4.39 Å². The van der Waals surface area contributed by atoms with Crippen LogP contribution in [0.3, 0.4) is 0 Å². The van der Waals surface area contributed by atoms with E-state index in [0.717, 1.165) is 25.7 Å². The zero-order valence-electron chi connectivity index (χ0n) is 18.7. The molecule has 1 aliphatic carbocycles. The first-order valence-corrected chi connectivity index (χ1v) is 11.8. The Balaban J connectivity index is 1.59. The summed E-state index contributed by atoms with van der Waals surface area (Å²) in [5, 5.41) is 3.37. The summed E-state index contributed by atoms with van der Waals surface area (Å²) in [6.07, 6.45) is 3.17. The van der Waals surface area contributed by atoms with Gasteiger partial charge in [-0.3, -0.25) is 9.59 Å². The third-order valence-electron chi connectivity index (χ3n) is 6.19. The number of halogens is 2. The maximum absolute atomic E-state index is 13.8. The number of amides is 2. The number of carbonyl (C=O) groups is 2. The molecule has 0 radical (unpaired) electrons. The lowest BCUT2D eigenvalue weighted by molar-refractivity contribution is 0.0606. The largest absolute Gasteiger partial charge is 0.331 e. The number of nitrogens with one attached hydrogen (secondary N) is 1. The van der Waals surface area contributed by atoms with Crippen LogP contribution in [0.1, 0.15) is 52.0 Å². The summed E-state index contributed by atoms with van der Waals surface area (Å²) in [4.78, 5) is 27.8. The summed E-state index contributed by atoms with van der Waals surface area (Å²) in [5.74, 6) is -0.947. The number of hydrogen-bond acceptors (Lipinski definition) is 3. The second-order valence-electron chi connectivity index (χ2n) is 8.64. The summed E-state index contributed by atoms with van der Waals surface area (Å²) < 4.78 is 13.8. The van der Waals surface area contributed by atoms with E-state index < -0.39 is 5.82 Å². The molecule has 0 bridgehead atoms. The van der Waals surface area contributed by atoms with Crippen LogP contribution >= 0.6 is 11.6 Å². The van der Waals surface area contributed by atoms with Crippen LogP contribution in [-0.2, 0) is 6.54 Å². The Bertz CT molecular complexity index is 1160. The van der Waals surface area contributed by atoms with Crippen molar-refractivity contribution in [3.05, 3.63) is 100 Å². The normalized spacial score (nSPS) is 17.7. The van der Waals surface area contributed by atoms with Crippen molar-refractivity contribution >= 4 is 29.1 Å². The molecule has 7 heteroatoms. The molecule has 2 amide bonds. The van der Waals surface area contributed by atoms with E-state index in [1.165, 1.54) is 18.2 Å². The molecule has 0 aromatic heterocycles. The lowest BCUT2D eigenvalue weighted by atomic mass is 9.90. The highest BCUT2D eigenvalue weighted by Gasteiger charge is 2.29. The Morgan fingerprint density at radius 3 is 2.35 bits per heavy atom. The molecule has 0 heterocycles. The molecular weight excluding hydrogens is 453 g/mol. The monoisotopic (exact) mass is 479 g/mol. The fraction of sp³-hybridized carbons (Fsp3) is 0.259. The summed E-state index contributed by atoms with van der Waals surface area (Å²) in [5.41, 5.74) is 8.20. The van der Waals surface area contributed by atoms with Gasteiger partial charge >= 0.3 is 0 Å². The molecule has 1 aliphatic rings. The quantitative estimate of drug-likeness (QED) is 0.480. The Kier molecular flexibility index (Phi) is 7.60. The second kappa shape index (κ2) is 10.8. The fourth-order valence-electron chi connectivity index (χ4n) is 4.32. The Hall–Kier alpha value is -3.22. The first kappa shape index (κ1) is 23.9. The van der Waals surface area contributed by atoms with Crippen molar-refractivity contribution in [2.24, 2.45) is 5.73 Å². The molecule has 0 unspecified atom stereocenters. The smallest absolute Gasteiger partial charge is 0.255 e. The predicted octanol–water partition coefficient (Wildman–Crippen LogP) is 5.64. The maximum atomic E-state index is 13.8. The molecule has 0 atom stereocenters. The number of carbonyl (C=O) groups excluding carboxylic acids is 2. The Morgan fingerprint density at radius 2 is 1.65 bits per heavy atom. The second-order valence-corrected chi connectivity index (χ2v) is 9.05. The van der Waals surface area contributed by atoms with Gasteiger partial charge in [-0.05, 0) is 79.8 Å². The van der Waals surface area contributed by atoms with E-state index in [2.05, 4.69) is 5.32 Å². The molecule has 176 valence electrons. The highest BCUT2D eigenvalue weighted by molar-refractivity contribution is 6.31. The van der Waals surface area contributed by atoms with Gasteiger partial charge in [0.15, 0.2) is 0 Å². The third kappa shape index (κ3) is 5.82. The first-order chi connectivity index (χ1) is 16.4. The van der Waals surface area contributed by atoms with Crippen LogP contribution in [0.4, 0.5) is 10.1 Å². The van der Waals surface area contributed by atoms with Gasteiger partial charge in [0.05, 0.1) is 0 Å². The number of benzene rings is 3. The van der Waals surface area contributed by atoms with E-state index in [1.54, 1.807) is 53.4 Å². The van der Waals surface area contributed by atoms with Crippen LogP contribution in [0.25, 0.3) is 0 Å². The molecule has 34 heavy (non-hydrogen) atoms. The van der Waals surface area contributed by atoms with Gasteiger partial charge in [0, 0.05) is 40.5 Å². The molecule has 0 spiro atoms. The van der Waals surface area contributed by atoms with Crippen molar-refractivity contribution in [1.82, 2.24) is 4.90 Å². The molecule has 1 saturated carbocycles. The van der Waals surface area contributed by atoms with Gasteiger partial charge in [0.2, 0.25) is 0 Å². The molecule has 0 aliphatic heterocycles. The minimum absolute atomic E-state index is 0.0331. The standard InChI is InChI=1S/C27H27ClFN3O2/c28-25-14-11-23(31-26(33)18-5-2-1-3-6-18)16-20(25)17-32(24-12-9-22(30)10-13-24)27(34)19-7-4-8-21(29)15-19/h1-8,11,14-16,22,24H,9-10,12-13,17,30H2,(H,31,33). The molecule has 1 fully saturated rings. The summed E-state index contributed by atoms with van der Waals surface area (Å²) in [6, 6.07) is 19.9. The molecule has 3 aromatic carbocycles. The van der Waals surface area contributed by atoms with E-state index in [9.17, 15) is 14.0 Å². The third-order valence-corrected chi connectivity index (χ3v) is 6.56. The van der Waals surface area contributed by atoms with Crippen molar-refractivity contribution in [1.29, 1.82) is 0 Å². The summed E-state index contributed by atoms with van der Waals surface area (Å²) >= 11 is 6.50. The van der Waals surface area contributed by atoms with Crippen molar-refractivity contribution < 1.29 is 14.0 Å². The Labute approximate surface area is 203 Å². The van der Waals surface area contributed by atoms with E-state index in [4.69, 9.17) is 17.3 Å². The number of hydrogen-bond donors (Lipinski definition) is 2. The van der Waals surface area contributed by atoms with Gasteiger partial charge in [-0.15, -0.1) is 0 Å². The van der Waals surface area contributed by atoms with Crippen LogP contribution in [0, 0.1) is 5.82 Å². The van der Waals surface area contributed by atoms with E-state index in [0.29, 0.717) is 27.4 Å². The Morgan fingerprint density at radius 1 is 0.941 bits per heavy atom. The van der Waals surface area contributed by atoms with Crippen molar-refractivity contribution in [2.75, 3.05) is 5.32 Å². The average molecular weight is 480 g/mol. The molecule has 4 rings (SSSR count). The molecule has 3 N–H and O–H groups in total. The molecule has 0 saturated heterocycles. The van der Waals surface area contributed by atoms with Crippen LogP contribution < -0.4 is 11.1 Å². The van der Waals surface area contributed by atoms with E-state index >= 15 is 0 Å². The summed E-state index contributed by atoms with van der Waals surface area (Å²) in [6.45, 7) is 0.239. The minimum atomic E-state index is -0.458. The SMILES string of the molecule is NC1CCC(N(Cc2cc(NC(=O)c3ccccc3)ccc2Cl)C(=O)c2cccc(F)c2)CC1. The van der Waals surface area contributed by atoms with Crippen molar-refractivity contribution in [2.45, 2.75) is 44.3 Å². The predicted molar refractivity (Wildman–Crippen MR) is 132 cm³/mol. The highest BCUT2D eigenvalue weighted by atomic mass is 35.5. The zero-order valence-corrected chi connectivity index (χ0v) is 19.5. The van der Waals surface area contributed by atoms with Crippen molar-refractivity contribution in [3.63, 3.8) is 0 Å². The van der Waals surface area contributed by atoms with Crippen LogP contribution in [0.5, 0.6) is 0 Å². The first-order valence-electron chi connectivity index (χ1n) is 11.4. The topological polar surface area (TPSA) is 75.4 Å². The molecule has 5 nitrogen and oxygen atoms in total. The number of rotatable bonds is 6. The molecule has 3 aromatic rings. The zero-order chi connectivity index (χ0) is 24.1. The minimum Gasteiger partial charge on any atom is -0.331 e. The number of nitrogens with zero attached hydrogens (tertiary/aromatic N) is 1. The molecular formula is C27H27ClFN3O2. The van der Waals surface area contributed by atoms with Crippen LogP contribution in [-0.4, -0.2) is 28.8 Å². The van der Waals surface area contributed by atoms with Gasteiger partial charge in [-0.2, -0.15) is 0 Å². The van der Waals surface area contributed by atoms with Gasteiger partial charge in [0.25, 0.3) is 11.8 Å². The van der Waals surface area contributed by atoms with Crippen LogP contribution in [0.15, 0.2) is 72.8 Å². The lowest BCUT2D eigenvalue weighted by Crippen LogP contribution is -2.44. The fourth-order valence-corrected chi connectivity index (χ4v) is 4.49. The van der Waals surface area contributed by atoms with E-state index in [1.807, 2.05) is 6.07 Å². The lowest BCUT2D eigenvalue weighted by Gasteiger charge is -2.36. The maximum Gasteiger partial charge on any atom is 0.255 e. The van der Waals surface area contributed by atoms with E-state index in [-0.39, 0.29) is 30.4 Å². The van der Waals surface area contributed by atoms with Gasteiger partial charge < -0.3 is 16.0 Å². The number of anilines is 1. The summed E-state index contributed by atoms with van der Waals surface area (Å²) in [7, 11) is 0. The average Bonchev–Trinajstić information content (AvgIpc) is 2.85.